The lowest BCUT2D eigenvalue weighted by atomic mass is 9.84. The minimum atomic E-state index is -3.78. The third-order valence-corrected chi connectivity index (χ3v) is 5.75. The Morgan fingerprint density at radius 3 is 2.33 bits per heavy atom. The van der Waals surface area contributed by atoms with Crippen molar-refractivity contribution in [2.24, 2.45) is 0 Å². The third kappa shape index (κ3) is 1.65. The number of benzene rings is 1. The van der Waals surface area contributed by atoms with E-state index in [0.717, 1.165) is 5.56 Å². The van der Waals surface area contributed by atoms with E-state index in [0.29, 0.717) is 5.56 Å². The van der Waals surface area contributed by atoms with Gasteiger partial charge in [0.05, 0.1) is 11.0 Å². The molecule has 4 nitrogen and oxygen atoms in total. The van der Waals surface area contributed by atoms with E-state index in [1.165, 1.54) is 6.07 Å². The minimum Gasteiger partial charge on any atom is -0.300 e. The molecule has 1 fully saturated rings. The molecule has 1 aliphatic carbocycles. The van der Waals surface area contributed by atoms with Crippen LogP contribution >= 0.6 is 0 Å². The summed E-state index contributed by atoms with van der Waals surface area (Å²) in [5, 5.41) is 9.12. The summed E-state index contributed by atoms with van der Waals surface area (Å²) < 4.78 is 23.4. The number of carbonyl (C=O) groups is 1. The summed E-state index contributed by atoms with van der Waals surface area (Å²) in [6, 6.07) is 6.80. The van der Waals surface area contributed by atoms with Gasteiger partial charge in [-0.05, 0) is 25.5 Å². The van der Waals surface area contributed by atoms with Crippen LogP contribution in [0.4, 0.5) is 0 Å². The Bertz CT molecular complexity index is 660. The SMILES string of the molecule is Cc1ccc(S(=O)(=O)C2(C#N)CC(=O)C2)c(C)c1. The van der Waals surface area contributed by atoms with Gasteiger partial charge in [-0.2, -0.15) is 5.26 Å². The molecule has 5 heteroatoms. The maximum absolute atomic E-state index is 12.5. The average molecular weight is 263 g/mol. The van der Waals surface area contributed by atoms with E-state index in [1.807, 2.05) is 13.0 Å². The van der Waals surface area contributed by atoms with Crippen LogP contribution in [0.25, 0.3) is 0 Å². The molecule has 1 aromatic rings. The zero-order chi connectivity index (χ0) is 13.6. The van der Waals surface area contributed by atoms with Gasteiger partial charge < -0.3 is 0 Å². The van der Waals surface area contributed by atoms with Crippen molar-refractivity contribution in [1.82, 2.24) is 0 Å². The fourth-order valence-corrected chi connectivity index (χ4v) is 4.20. The molecule has 0 aromatic heterocycles. The highest BCUT2D eigenvalue weighted by Gasteiger charge is 2.55. The van der Waals surface area contributed by atoms with Gasteiger partial charge in [-0.25, -0.2) is 8.42 Å². The fourth-order valence-electron chi connectivity index (χ4n) is 2.23. The van der Waals surface area contributed by atoms with Gasteiger partial charge in [-0.15, -0.1) is 0 Å². The van der Waals surface area contributed by atoms with Gasteiger partial charge in [0.1, 0.15) is 5.78 Å². The fraction of sp³-hybridized carbons (Fsp3) is 0.385. The van der Waals surface area contributed by atoms with E-state index in [2.05, 4.69) is 0 Å². The van der Waals surface area contributed by atoms with Crippen LogP contribution in [0.15, 0.2) is 23.1 Å². The molecule has 18 heavy (non-hydrogen) atoms. The molecular weight excluding hydrogens is 250 g/mol. The molecule has 1 aromatic carbocycles. The minimum absolute atomic E-state index is 0.155. The first kappa shape index (κ1) is 12.8. The van der Waals surface area contributed by atoms with Crippen molar-refractivity contribution in [1.29, 1.82) is 5.26 Å². The second-order valence-corrected chi connectivity index (χ2v) is 7.00. The molecule has 1 aliphatic rings. The summed E-state index contributed by atoms with van der Waals surface area (Å²) in [7, 11) is -3.78. The summed E-state index contributed by atoms with van der Waals surface area (Å²) in [6.07, 6.45) is -0.391. The molecule has 0 unspecified atom stereocenters. The second-order valence-electron chi connectivity index (χ2n) is 4.77. The van der Waals surface area contributed by atoms with Crippen LogP contribution < -0.4 is 0 Å². The Morgan fingerprint density at radius 1 is 1.28 bits per heavy atom. The van der Waals surface area contributed by atoms with Crippen LogP contribution in [-0.2, 0) is 14.6 Å². The van der Waals surface area contributed by atoms with Crippen LogP contribution in [-0.4, -0.2) is 18.9 Å². The number of aryl methyl sites for hydroxylation is 2. The van der Waals surface area contributed by atoms with Crippen molar-refractivity contribution in [3.8, 4) is 6.07 Å². The topological polar surface area (TPSA) is 75.0 Å². The van der Waals surface area contributed by atoms with E-state index in [9.17, 15) is 13.2 Å². The average Bonchev–Trinajstić information content (AvgIpc) is 2.23. The smallest absolute Gasteiger partial charge is 0.198 e. The number of carbonyl (C=O) groups excluding carboxylic acids is 1. The maximum atomic E-state index is 12.5. The Balaban J connectivity index is 2.56. The zero-order valence-electron chi connectivity index (χ0n) is 10.2. The number of nitriles is 1. The largest absolute Gasteiger partial charge is 0.300 e. The second kappa shape index (κ2) is 3.92. The van der Waals surface area contributed by atoms with Gasteiger partial charge in [0.15, 0.2) is 14.6 Å². The van der Waals surface area contributed by atoms with E-state index in [-0.39, 0.29) is 23.5 Å². The molecule has 0 atom stereocenters. The quantitative estimate of drug-likeness (QED) is 0.814. The van der Waals surface area contributed by atoms with Crippen molar-refractivity contribution in [3.63, 3.8) is 0 Å². The maximum Gasteiger partial charge on any atom is 0.198 e. The predicted molar refractivity (Wildman–Crippen MR) is 65.7 cm³/mol. The van der Waals surface area contributed by atoms with Crippen molar-refractivity contribution >= 4 is 15.6 Å². The molecule has 0 saturated heterocycles. The predicted octanol–water partition coefficient (Wildman–Crippen LogP) is 1.70. The van der Waals surface area contributed by atoms with Crippen LogP contribution in [0, 0.1) is 25.2 Å². The first-order chi connectivity index (χ1) is 8.32. The van der Waals surface area contributed by atoms with Gasteiger partial charge in [0.25, 0.3) is 0 Å². The highest BCUT2D eigenvalue weighted by Crippen LogP contribution is 2.40. The lowest BCUT2D eigenvalue weighted by Crippen LogP contribution is -2.49. The number of hydrogen-bond donors (Lipinski definition) is 0. The molecule has 94 valence electrons. The normalized spacial score (nSPS) is 17.9. The summed E-state index contributed by atoms with van der Waals surface area (Å²) in [6.45, 7) is 3.57. The molecule has 0 aliphatic heterocycles. The summed E-state index contributed by atoms with van der Waals surface area (Å²) in [5.41, 5.74) is 1.58. The standard InChI is InChI=1S/C13H13NO3S/c1-9-3-4-12(10(2)5-9)18(16,17)13(8-14)6-11(15)7-13/h3-5H,6-7H2,1-2H3. The van der Waals surface area contributed by atoms with Crippen molar-refractivity contribution in [3.05, 3.63) is 29.3 Å². The zero-order valence-corrected chi connectivity index (χ0v) is 11.0. The monoisotopic (exact) mass is 263 g/mol. The molecule has 0 radical (unpaired) electrons. The van der Waals surface area contributed by atoms with Gasteiger partial charge in [-0.3, -0.25) is 4.79 Å². The summed E-state index contributed by atoms with van der Waals surface area (Å²) in [4.78, 5) is 11.2. The Hall–Kier alpha value is -1.67. The van der Waals surface area contributed by atoms with Crippen LogP contribution in [0.1, 0.15) is 24.0 Å². The molecule has 0 heterocycles. The van der Waals surface area contributed by atoms with E-state index in [1.54, 1.807) is 19.1 Å². The lowest BCUT2D eigenvalue weighted by Gasteiger charge is -2.33. The Labute approximate surface area is 106 Å². The van der Waals surface area contributed by atoms with Crippen LogP contribution in [0.3, 0.4) is 0 Å². The first-order valence-corrected chi connectivity index (χ1v) is 7.05. The van der Waals surface area contributed by atoms with Crippen molar-refractivity contribution < 1.29 is 13.2 Å². The van der Waals surface area contributed by atoms with Crippen molar-refractivity contribution in [2.75, 3.05) is 0 Å². The molecular formula is C13H13NO3S. The number of nitrogens with zero attached hydrogens (tertiary/aromatic N) is 1. The van der Waals surface area contributed by atoms with Gasteiger partial charge in [0.2, 0.25) is 0 Å². The van der Waals surface area contributed by atoms with E-state index < -0.39 is 14.6 Å². The number of Topliss-reactive ketones (excluding diaryl/α,β-unsaturated/α-hetero) is 1. The van der Waals surface area contributed by atoms with Crippen molar-refractivity contribution in [2.45, 2.75) is 36.3 Å². The van der Waals surface area contributed by atoms with Gasteiger partial charge >= 0.3 is 0 Å². The molecule has 1 saturated carbocycles. The number of ketones is 1. The van der Waals surface area contributed by atoms with Gasteiger partial charge in [0, 0.05) is 12.8 Å². The third-order valence-electron chi connectivity index (χ3n) is 3.30. The van der Waals surface area contributed by atoms with Crippen LogP contribution in [0.2, 0.25) is 0 Å². The number of rotatable bonds is 2. The van der Waals surface area contributed by atoms with Gasteiger partial charge in [-0.1, -0.05) is 17.7 Å². The van der Waals surface area contributed by atoms with Crippen LogP contribution in [0.5, 0.6) is 0 Å². The first-order valence-electron chi connectivity index (χ1n) is 5.57. The van der Waals surface area contributed by atoms with E-state index in [4.69, 9.17) is 5.26 Å². The summed E-state index contributed by atoms with van der Waals surface area (Å²) in [5.74, 6) is -0.176. The molecule has 0 bridgehead atoms. The Morgan fingerprint density at radius 2 is 1.89 bits per heavy atom. The van der Waals surface area contributed by atoms with E-state index >= 15 is 0 Å². The molecule has 0 N–H and O–H groups in total. The number of hydrogen-bond acceptors (Lipinski definition) is 4. The lowest BCUT2D eigenvalue weighted by molar-refractivity contribution is -0.124. The Kier molecular flexibility index (Phi) is 2.78. The molecule has 0 spiro atoms. The molecule has 2 rings (SSSR count). The number of sulfone groups is 1. The highest BCUT2D eigenvalue weighted by molar-refractivity contribution is 7.93. The highest BCUT2D eigenvalue weighted by atomic mass is 32.2. The molecule has 0 amide bonds. The summed E-state index contributed by atoms with van der Waals surface area (Å²) >= 11 is 0.